The number of piperidine rings is 1. The second-order valence-electron chi connectivity index (χ2n) is 6.16. The number of aromatic carboxylic acids is 1. The Bertz CT molecular complexity index is 826. The van der Waals surface area contributed by atoms with E-state index in [1.165, 1.54) is 11.3 Å². The lowest BCUT2D eigenvalue weighted by Crippen LogP contribution is -2.45. The number of nitrogens with one attached hydrogen (secondary N) is 2. The van der Waals surface area contributed by atoms with Gasteiger partial charge in [0.25, 0.3) is 5.91 Å². The number of rotatable bonds is 5. The maximum Gasteiger partial charge on any atom is 0.347 e. The number of halogens is 1. The summed E-state index contributed by atoms with van der Waals surface area (Å²) in [6.07, 6.45) is 2.19. The summed E-state index contributed by atoms with van der Waals surface area (Å²) in [5.41, 5.74) is 1.29. The largest absolute Gasteiger partial charge is 0.477 e. The summed E-state index contributed by atoms with van der Waals surface area (Å²) >= 11 is 7.17. The monoisotopic (exact) mass is 397 g/mol. The second kappa shape index (κ2) is 7.63. The standard InChI is InChI=1S/C16H20ClN5O3S/c1-3-10-12(17)21-13(20-10)14(23)19-9-4-6-22(7-5-9)16-18-8(2)11(26-16)15(24)25/h9H,3-7H2,1-2H3,(H,19,23)(H,20,21)(H,24,25). The van der Waals surface area contributed by atoms with Crippen LogP contribution >= 0.6 is 22.9 Å². The summed E-state index contributed by atoms with van der Waals surface area (Å²) in [7, 11) is 0. The van der Waals surface area contributed by atoms with Crippen LogP contribution in [0.2, 0.25) is 5.15 Å². The van der Waals surface area contributed by atoms with Gasteiger partial charge in [0.05, 0.1) is 11.4 Å². The first-order valence-electron chi connectivity index (χ1n) is 8.40. The molecule has 0 bridgehead atoms. The molecule has 0 unspecified atom stereocenters. The number of aryl methyl sites for hydroxylation is 2. The molecule has 26 heavy (non-hydrogen) atoms. The maximum atomic E-state index is 12.3. The van der Waals surface area contributed by atoms with Crippen molar-refractivity contribution in [3.8, 4) is 0 Å². The minimum Gasteiger partial charge on any atom is -0.477 e. The van der Waals surface area contributed by atoms with Crippen molar-refractivity contribution in [1.29, 1.82) is 0 Å². The number of hydrogen-bond donors (Lipinski definition) is 3. The lowest BCUT2D eigenvalue weighted by atomic mass is 10.1. The molecule has 3 heterocycles. The van der Waals surface area contributed by atoms with Crippen LogP contribution in [0.1, 0.15) is 51.4 Å². The minimum atomic E-state index is -0.947. The van der Waals surface area contributed by atoms with Crippen molar-refractivity contribution in [2.45, 2.75) is 39.2 Å². The van der Waals surface area contributed by atoms with Gasteiger partial charge in [-0.25, -0.2) is 14.8 Å². The van der Waals surface area contributed by atoms with Crippen LogP contribution in [0.5, 0.6) is 0 Å². The van der Waals surface area contributed by atoms with E-state index in [1.807, 2.05) is 6.92 Å². The van der Waals surface area contributed by atoms with Gasteiger partial charge in [0.15, 0.2) is 16.1 Å². The second-order valence-corrected chi connectivity index (χ2v) is 7.49. The van der Waals surface area contributed by atoms with Gasteiger partial charge in [-0.3, -0.25) is 4.79 Å². The third-order valence-electron chi connectivity index (χ3n) is 4.38. The highest BCUT2D eigenvalue weighted by Gasteiger charge is 2.25. The fourth-order valence-electron chi connectivity index (χ4n) is 2.91. The number of carbonyl (C=O) groups excluding carboxylic acids is 1. The van der Waals surface area contributed by atoms with Crippen molar-refractivity contribution < 1.29 is 14.7 Å². The van der Waals surface area contributed by atoms with Gasteiger partial charge in [-0.2, -0.15) is 0 Å². The van der Waals surface area contributed by atoms with E-state index in [9.17, 15) is 9.59 Å². The first-order chi connectivity index (χ1) is 12.4. The molecule has 140 valence electrons. The molecule has 8 nitrogen and oxygen atoms in total. The zero-order valence-electron chi connectivity index (χ0n) is 14.5. The number of imidazole rings is 1. The van der Waals surface area contributed by atoms with Crippen molar-refractivity contribution in [3.63, 3.8) is 0 Å². The van der Waals surface area contributed by atoms with E-state index in [0.29, 0.717) is 30.4 Å². The number of nitrogens with zero attached hydrogens (tertiary/aromatic N) is 3. The van der Waals surface area contributed by atoms with Gasteiger partial charge in [-0.05, 0) is 26.2 Å². The number of aromatic amines is 1. The zero-order valence-corrected chi connectivity index (χ0v) is 16.1. The van der Waals surface area contributed by atoms with Gasteiger partial charge in [-0.15, -0.1) is 0 Å². The average molecular weight is 398 g/mol. The molecule has 0 atom stereocenters. The summed E-state index contributed by atoms with van der Waals surface area (Å²) in [5.74, 6) is -0.976. The van der Waals surface area contributed by atoms with Gasteiger partial charge < -0.3 is 20.3 Å². The molecule has 0 radical (unpaired) electrons. The van der Waals surface area contributed by atoms with Gasteiger partial charge in [0.1, 0.15) is 4.88 Å². The molecule has 1 amide bonds. The quantitative estimate of drug-likeness (QED) is 0.714. The molecule has 1 saturated heterocycles. The topological polar surface area (TPSA) is 111 Å². The van der Waals surface area contributed by atoms with Crippen LogP contribution in [0.25, 0.3) is 0 Å². The molecule has 10 heteroatoms. The fourth-order valence-corrected chi connectivity index (χ4v) is 4.14. The first-order valence-corrected chi connectivity index (χ1v) is 9.59. The van der Waals surface area contributed by atoms with Gasteiger partial charge in [0.2, 0.25) is 0 Å². The number of H-pyrrole nitrogens is 1. The Kier molecular flexibility index (Phi) is 5.47. The summed E-state index contributed by atoms with van der Waals surface area (Å²) in [6.45, 7) is 5.05. The predicted octanol–water partition coefficient (Wildman–Crippen LogP) is 2.49. The van der Waals surface area contributed by atoms with E-state index in [2.05, 4.69) is 25.2 Å². The summed E-state index contributed by atoms with van der Waals surface area (Å²) < 4.78 is 0. The van der Waals surface area contributed by atoms with Crippen molar-refractivity contribution in [2.24, 2.45) is 0 Å². The van der Waals surface area contributed by atoms with Crippen LogP contribution < -0.4 is 10.2 Å². The van der Waals surface area contributed by atoms with Crippen LogP contribution in [0, 0.1) is 6.92 Å². The maximum absolute atomic E-state index is 12.3. The molecule has 1 aliphatic rings. The SMILES string of the molecule is CCc1[nH]c(C(=O)NC2CCN(c3nc(C)c(C(=O)O)s3)CC2)nc1Cl. The van der Waals surface area contributed by atoms with Crippen LogP contribution in [0.4, 0.5) is 5.13 Å². The third kappa shape index (κ3) is 3.83. The Labute approximate surface area is 159 Å². The highest BCUT2D eigenvalue weighted by molar-refractivity contribution is 7.17. The Morgan fingerprint density at radius 1 is 1.38 bits per heavy atom. The van der Waals surface area contributed by atoms with Crippen molar-refractivity contribution in [2.75, 3.05) is 18.0 Å². The van der Waals surface area contributed by atoms with Crippen LogP contribution in [0.15, 0.2) is 0 Å². The molecule has 0 aliphatic carbocycles. The van der Waals surface area contributed by atoms with Gasteiger partial charge >= 0.3 is 5.97 Å². The van der Waals surface area contributed by atoms with E-state index in [0.717, 1.165) is 23.7 Å². The lowest BCUT2D eigenvalue weighted by molar-refractivity contribution is 0.0700. The number of anilines is 1. The number of aromatic nitrogens is 3. The van der Waals surface area contributed by atoms with Gasteiger partial charge in [0, 0.05) is 19.1 Å². The van der Waals surface area contributed by atoms with E-state index in [-0.39, 0.29) is 22.7 Å². The van der Waals surface area contributed by atoms with Crippen LogP contribution in [0.3, 0.4) is 0 Å². The van der Waals surface area contributed by atoms with E-state index in [1.54, 1.807) is 6.92 Å². The Morgan fingerprint density at radius 3 is 2.62 bits per heavy atom. The average Bonchev–Trinajstić information content (AvgIpc) is 3.18. The molecule has 1 aliphatic heterocycles. The predicted molar refractivity (Wildman–Crippen MR) is 99.5 cm³/mol. The molecule has 1 fully saturated rings. The molecule has 0 saturated carbocycles. The smallest absolute Gasteiger partial charge is 0.347 e. The van der Waals surface area contributed by atoms with Crippen molar-refractivity contribution in [1.82, 2.24) is 20.3 Å². The number of amides is 1. The lowest BCUT2D eigenvalue weighted by Gasteiger charge is -2.31. The number of carboxylic acid groups (broad SMARTS) is 1. The summed E-state index contributed by atoms with van der Waals surface area (Å²) in [5, 5.41) is 13.2. The highest BCUT2D eigenvalue weighted by Crippen LogP contribution is 2.28. The number of carbonyl (C=O) groups is 2. The fraction of sp³-hybridized carbons (Fsp3) is 0.500. The summed E-state index contributed by atoms with van der Waals surface area (Å²) in [6, 6.07) is 0.0349. The van der Waals surface area contributed by atoms with Crippen LogP contribution in [-0.4, -0.2) is 51.1 Å². The van der Waals surface area contributed by atoms with E-state index in [4.69, 9.17) is 16.7 Å². The molecule has 0 spiro atoms. The zero-order chi connectivity index (χ0) is 18.8. The first kappa shape index (κ1) is 18.7. The summed E-state index contributed by atoms with van der Waals surface area (Å²) in [4.78, 5) is 37.2. The molecular weight excluding hydrogens is 378 g/mol. The molecular formula is C16H20ClN5O3S. The number of hydrogen-bond acceptors (Lipinski definition) is 6. The molecule has 2 aromatic rings. The molecule has 3 rings (SSSR count). The van der Waals surface area contributed by atoms with Gasteiger partial charge in [-0.1, -0.05) is 29.9 Å². The van der Waals surface area contributed by atoms with E-state index < -0.39 is 5.97 Å². The molecule has 2 aromatic heterocycles. The number of thiazole rings is 1. The Hall–Kier alpha value is -2.13. The van der Waals surface area contributed by atoms with Crippen molar-refractivity contribution in [3.05, 3.63) is 27.2 Å². The molecule has 0 aromatic carbocycles. The van der Waals surface area contributed by atoms with Crippen molar-refractivity contribution >= 4 is 39.9 Å². The van der Waals surface area contributed by atoms with E-state index >= 15 is 0 Å². The third-order valence-corrected chi connectivity index (χ3v) is 5.90. The number of carboxylic acids is 1. The van der Waals surface area contributed by atoms with Crippen LogP contribution in [-0.2, 0) is 6.42 Å². The molecule has 3 N–H and O–H groups in total. The normalized spacial score (nSPS) is 15.3. The minimum absolute atomic E-state index is 0.0349. The highest BCUT2D eigenvalue weighted by atomic mass is 35.5. The Balaban J connectivity index is 1.57. The Morgan fingerprint density at radius 2 is 2.08 bits per heavy atom.